The molecule has 2 aliphatic heterocycles. The standard InChI is InChI=1S/C15H16N4O/c20-15(19-6-5-10-7-16-9-14(10)19)13-8-17-11-3-1-2-4-12(11)18-13/h1-4,8,10,14,16H,5-7,9H2/t10-,14+/m0/s1. The molecule has 2 fully saturated rings. The molecule has 102 valence electrons. The molecule has 2 aliphatic rings. The van der Waals surface area contributed by atoms with Gasteiger partial charge < -0.3 is 10.2 Å². The third kappa shape index (κ3) is 1.78. The zero-order valence-corrected chi connectivity index (χ0v) is 11.1. The summed E-state index contributed by atoms with van der Waals surface area (Å²) < 4.78 is 0. The highest BCUT2D eigenvalue weighted by Crippen LogP contribution is 2.28. The molecular formula is C15H16N4O. The Kier molecular flexibility index (Phi) is 2.67. The molecule has 3 heterocycles. The van der Waals surface area contributed by atoms with E-state index in [4.69, 9.17) is 0 Å². The number of rotatable bonds is 1. The van der Waals surface area contributed by atoms with Gasteiger partial charge in [-0.1, -0.05) is 12.1 Å². The van der Waals surface area contributed by atoms with Crippen molar-refractivity contribution in [1.29, 1.82) is 0 Å². The first-order valence-electron chi connectivity index (χ1n) is 7.06. The molecule has 5 nitrogen and oxygen atoms in total. The molecule has 4 rings (SSSR count). The molecule has 1 aromatic carbocycles. The Morgan fingerprint density at radius 3 is 3.00 bits per heavy atom. The third-order valence-corrected chi connectivity index (χ3v) is 4.37. The van der Waals surface area contributed by atoms with E-state index >= 15 is 0 Å². The molecule has 0 radical (unpaired) electrons. The van der Waals surface area contributed by atoms with Crippen LogP contribution in [0.1, 0.15) is 16.9 Å². The minimum Gasteiger partial charge on any atom is -0.333 e. The van der Waals surface area contributed by atoms with E-state index in [0.717, 1.165) is 37.1 Å². The van der Waals surface area contributed by atoms with E-state index in [2.05, 4.69) is 15.3 Å². The summed E-state index contributed by atoms with van der Waals surface area (Å²) in [5.74, 6) is 0.617. The molecule has 2 atom stereocenters. The van der Waals surface area contributed by atoms with Crippen LogP contribution in [0.5, 0.6) is 0 Å². The van der Waals surface area contributed by atoms with Crippen LogP contribution >= 0.6 is 0 Å². The van der Waals surface area contributed by atoms with Crippen LogP contribution in [0.2, 0.25) is 0 Å². The van der Waals surface area contributed by atoms with E-state index in [1.165, 1.54) is 0 Å². The molecule has 1 N–H and O–H groups in total. The van der Waals surface area contributed by atoms with Crippen molar-refractivity contribution in [2.24, 2.45) is 5.92 Å². The van der Waals surface area contributed by atoms with Gasteiger partial charge in [-0.2, -0.15) is 0 Å². The highest BCUT2D eigenvalue weighted by atomic mass is 16.2. The van der Waals surface area contributed by atoms with Crippen molar-refractivity contribution in [3.8, 4) is 0 Å². The van der Waals surface area contributed by atoms with Gasteiger partial charge in [0.2, 0.25) is 0 Å². The van der Waals surface area contributed by atoms with E-state index in [1.807, 2.05) is 29.2 Å². The number of amides is 1. The molecule has 0 spiro atoms. The Morgan fingerprint density at radius 2 is 2.10 bits per heavy atom. The topological polar surface area (TPSA) is 58.1 Å². The largest absolute Gasteiger partial charge is 0.333 e. The zero-order chi connectivity index (χ0) is 13.5. The molecule has 2 aromatic rings. The molecular weight excluding hydrogens is 252 g/mol. The number of carbonyl (C=O) groups is 1. The number of aromatic nitrogens is 2. The summed E-state index contributed by atoms with van der Waals surface area (Å²) in [6, 6.07) is 7.97. The number of hydrogen-bond donors (Lipinski definition) is 1. The number of para-hydroxylation sites is 2. The van der Waals surface area contributed by atoms with Crippen LogP contribution in [0.3, 0.4) is 0 Å². The number of likely N-dealkylation sites (tertiary alicyclic amines) is 1. The average Bonchev–Trinajstić information content (AvgIpc) is 3.09. The molecule has 5 heteroatoms. The van der Waals surface area contributed by atoms with Crippen molar-refractivity contribution in [3.05, 3.63) is 36.2 Å². The summed E-state index contributed by atoms with van der Waals surface area (Å²) in [4.78, 5) is 23.4. The van der Waals surface area contributed by atoms with Gasteiger partial charge in [0, 0.05) is 25.7 Å². The van der Waals surface area contributed by atoms with Crippen LogP contribution in [0.4, 0.5) is 0 Å². The number of fused-ring (bicyclic) bond motifs is 2. The second-order valence-electron chi connectivity index (χ2n) is 5.52. The number of nitrogens with zero attached hydrogens (tertiary/aromatic N) is 3. The SMILES string of the molecule is O=C(c1cnc2ccccc2n1)N1CC[C@H]2CNC[C@H]21. The highest BCUT2D eigenvalue weighted by Gasteiger charge is 2.40. The van der Waals surface area contributed by atoms with Gasteiger partial charge in [0.25, 0.3) is 5.91 Å². The minimum absolute atomic E-state index is 0.0134. The van der Waals surface area contributed by atoms with Crippen LogP contribution in [0.25, 0.3) is 11.0 Å². The Bertz CT molecular complexity index is 672. The van der Waals surface area contributed by atoms with Crippen LogP contribution in [0.15, 0.2) is 30.5 Å². The van der Waals surface area contributed by atoms with E-state index in [-0.39, 0.29) is 5.91 Å². The van der Waals surface area contributed by atoms with Crippen LogP contribution in [-0.2, 0) is 0 Å². The number of carbonyl (C=O) groups excluding carboxylic acids is 1. The predicted molar refractivity (Wildman–Crippen MR) is 75.3 cm³/mol. The van der Waals surface area contributed by atoms with Gasteiger partial charge >= 0.3 is 0 Å². The summed E-state index contributed by atoms with van der Waals surface area (Å²) in [5, 5.41) is 3.36. The number of nitrogens with one attached hydrogen (secondary N) is 1. The highest BCUT2D eigenvalue weighted by molar-refractivity contribution is 5.94. The average molecular weight is 268 g/mol. The third-order valence-electron chi connectivity index (χ3n) is 4.37. The molecule has 0 aliphatic carbocycles. The fraction of sp³-hybridized carbons (Fsp3) is 0.400. The second kappa shape index (κ2) is 4.52. The molecule has 2 saturated heterocycles. The van der Waals surface area contributed by atoms with Crippen molar-refractivity contribution < 1.29 is 4.79 Å². The van der Waals surface area contributed by atoms with Gasteiger partial charge in [0.1, 0.15) is 5.69 Å². The van der Waals surface area contributed by atoms with Crippen molar-refractivity contribution >= 4 is 16.9 Å². The number of hydrogen-bond acceptors (Lipinski definition) is 4. The van der Waals surface area contributed by atoms with E-state index in [9.17, 15) is 4.79 Å². The first kappa shape index (κ1) is 11.8. The van der Waals surface area contributed by atoms with Crippen molar-refractivity contribution in [2.45, 2.75) is 12.5 Å². The summed E-state index contributed by atoms with van der Waals surface area (Å²) in [6.07, 6.45) is 2.69. The lowest BCUT2D eigenvalue weighted by Gasteiger charge is -2.22. The minimum atomic E-state index is 0.0134. The lowest BCUT2D eigenvalue weighted by Crippen LogP contribution is -2.39. The lowest BCUT2D eigenvalue weighted by atomic mass is 10.1. The summed E-state index contributed by atoms with van der Waals surface area (Å²) in [7, 11) is 0. The smallest absolute Gasteiger partial charge is 0.274 e. The van der Waals surface area contributed by atoms with Crippen LogP contribution < -0.4 is 5.32 Å². The Labute approximate surface area is 117 Å². The van der Waals surface area contributed by atoms with Gasteiger partial charge in [-0.15, -0.1) is 0 Å². The fourth-order valence-electron chi connectivity index (χ4n) is 3.31. The molecule has 20 heavy (non-hydrogen) atoms. The van der Waals surface area contributed by atoms with Gasteiger partial charge in [-0.25, -0.2) is 4.98 Å². The first-order chi connectivity index (χ1) is 9.83. The van der Waals surface area contributed by atoms with E-state index in [0.29, 0.717) is 17.7 Å². The zero-order valence-electron chi connectivity index (χ0n) is 11.1. The maximum atomic E-state index is 12.6. The summed E-state index contributed by atoms with van der Waals surface area (Å²) >= 11 is 0. The van der Waals surface area contributed by atoms with Crippen molar-refractivity contribution in [1.82, 2.24) is 20.2 Å². The van der Waals surface area contributed by atoms with Gasteiger partial charge in [0.15, 0.2) is 0 Å². The van der Waals surface area contributed by atoms with Gasteiger partial charge in [-0.05, 0) is 24.5 Å². The first-order valence-corrected chi connectivity index (χ1v) is 7.06. The van der Waals surface area contributed by atoms with E-state index in [1.54, 1.807) is 6.20 Å². The summed E-state index contributed by atoms with van der Waals surface area (Å²) in [5.41, 5.74) is 2.06. The second-order valence-corrected chi connectivity index (χ2v) is 5.52. The normalized spacial score (nSPS) is 25.1. The molecule has 1 aromatic heterocycles. The molecule has 1 amide bonds. The lowest BCUT2D eigenvalue weighted by molar-refractivity contribution is 0.0731. The maximum Gasteiger partial charge on any atom is 0.274 e. The maximum absolute atomic E-state index is 12.6. The predicted octanol–water partition coefficient (Wildman–Crippen LogP) is 1.06. The van der Waals surface area contributed by atoms with Gasteiger partial charge in [0.05, 0.1) is 17.2 Å². The Hall–Kier alpha value is -2.01. The van der Waals surface area contributed by atoms with Crippen LogP contribution in [0, 0.1) is 5.92 Å². The Balaban J connectivity index is 1.66. The van der Waals surface area contributed by atoms with Gasteiger partial charge in [-0.3, -0.25) is 9.78 Å². The van der Waals surface area contributed by atoms with Crippen LogP contribution in [-0.4, -0.2) is 46.5 Å². The van der Waals surface area contributed by atoms with Crippen molar-refractivity contribution in [3.63, 3.8) is 0 Å². The molecule has 0 unspecified atom stereocenters. The quantitative estimate of drug-likeness (QED) is 0.840. The monoisotopic (exact) mass is 268 g/mol. The molecule has 0 saturated carbocycles. The molecule has 0 bridgehead atoms. The summed E-state index contributed by atoms with van der Waals surface area (Å²) in [6.45, 7) is 2.76. The van der Waals surface area contributed by atoms with E-state index < -0.39 is 0 Å². The van der Waals surface area contributed by atoms with Crippen molar-refractivity contribution in [2.75, 3.05) is 19.6 Å². The fourth-order valence-corrected chi connectivity index (χ4v) is 3.31. The number of benzene rings is 1. The Morgan fingerprint density at radius 1 is 1.25 bits per heavy atom.